The van der Waals surface area contributed by atoms with Gasteiger partial charge < -0.3 is 19.9 Å². The molecule has 37 heavy (non-hydrogen) atoms. The molecule has 1 fully saturated rings. The van der Waals surface area contributed by atoms with Crippen LogP contribution in [0.15, 0.2) is 102 Å². The van der Waals surface area contributed by atoms with Crippen LogP contribution in [0.5, 0.6) is 0 Å². The number of carbonyl (C=O) groups excluding carboxylic acids is 1. The molecule has 0 radical (unpaired) electrons. The van der Waals surface area contributed by atoms with Crippen LogP contribution in [-0.4, -0.2) is 32.8 Å². The highest BCUT2D eigenvalue weighted by atomic mass is 32.2. The number of hydrogen-bond acceptors (Lipinski definition) is 7. The fraction of sp³-hybridized carbons (Fsp3) is 0.207. The van der Waals surface area contributed by atoms with E-state index in [4.69, 9.17) is 9.47 Å². The maximum atomic E-state index is 12.5. The van der Waals surface area contributed by atoms with Crippen LogP contribution >= 0.6 is 11.8 Å². The number of rotatable bonds is 8. The lowest BCUT2D eigenvalue weighted by atomic mass is 10.0. The summed E-state index contributed by atoms with van der Waals surface area (Å²) in [5.41, 5.74) is 3.93. The second kappa shape index (κ2) is 12.1. The number of hydrogen-bond donors (Lipinski definition) is 2. The van der Waals surface area contributed by atoms with Gasteiger partial charge in [-0.2, -0.15) is 0 Å². The zero-order chi connectivity index (χ0) is 25.5. The molecular weight excluding hydrogens is 486 g/mol. The maximum Gasteiger partial charge on any atom is 0.257 e. The molecular formula is C29H27N3O4S. The third kappa shape index (κ3) is 6.61. The van der Waals surface area contributed by atoms with Crippen LogP contribution in [-0.2, 0) is 16.1 Å². The number of anilines is 1. The van der Waals surface area contributed by atoms with Crippen LogP contribution in [0.2, 0.25) is 0 Å². The summed E-state index contributed by atoms with van der Waals surface area (Å²) in [6.45, 7) is 0.00452. The van der Waals surface area contributed by atoms with Crippen molar-refractivity contribution in [2.75, 3.05) is 11.1 Å². The SMILES string of the molecule is O=C(Nc1ccc([C@H]2O[C@@H](CSc3ccccn3)C[C@@H](c3ccc(CO)cc3)O2)cc1)c1cccnc1. The summed E-state index contributed by atoms with van der Waals surface area (Å²) >= 11 is 1.66. The summed E-state index contributed by atoms with van der Waals surface area (Å²) in [4.78, 5) is 20.9. The average Bonchev–Trinajstić information content (AvgIpc) is 2.97. The van der Waals surface area contributed by atoms with Gasteiger partial charge in [0.15, 0.2) is 6.29 Å². The maximum absolute atomic E-state index is 12.5. The van der Waals surface area contributed by atoms with Crippen molar-refractivity contribution < 1.29 is 19.4 Å². The van der Waals surface area contributed by atoms with E-state index in [0.29, 0.717) is 17.7 Å². The summed E-state index contributed by atoms with van der Waals surface area (Å²) in [7, 11) is 0. The standard InChI is InChI=1S/C29H27N3O4S/c33-18-20-6-8-21(9-7-20)26-16-25(19-37-27-5-1-2-15-31-27)35-29(36-26)22-10-12-24(13-11-22)32-28(34)23-4-3-14-30-17-23/h1-15,17,25-26,29,33H,16,18-19H2,(H,32,34)/t25-,26+,29+/m1/s1. The number of carbonyl (C=O) groups is 1. The molecule has 0 spiro atoms. The minimum Gasteiger partial charge on any atom is -0.392 e. The lowest BCUT2D eigenvalue weighted by Gasteiger charge is -2.36. The number of aromatic nitrogens is 2. The van der Waals surface area contributed by atoms with Gasteiger partial charge in [-0.3, -0.25) is 9.78 Å². The largest absolute Gasteiger partial charge is 0.392 e. The fourth-order valence-corrected chi connectivity index (χ4v) is 4.94. The van der Waals surface area contributed by atoms with E-state index >= 15 is 0 Å². The van der Waals surface area contributed by atoms with Gasteiger partial charge in [0.25, 0.3) is 5.91 Å². The first-order chi connectivity index (χ1) is 18.2. The van der Waals surface area contributed by atoms with Gasteiger partial charge in [-0.25, -0.2) is 4.98 Å². The predicted molar refractivity (Wildman–Crippen MR) is 142 cm³/mol. The molecule has 1 saturated heterocycles. The first-order valence-electron chi connectivity index (χ1n) is 12.0. The molecule has 5 rings (SSSR count). The monoisotopic (exact) mass is 513 g/mol. The Morgan fingerprint density at radius 3 is 2.46 bits per heavy atom. The zero-order valence-corrected chi connectivity index (χ0v) is 20.9. The summed E-state index contributed by atoms with van der Waals surface area (Å²) < 4.78 is 12.8. The minimum absolute atomic E-state index is 0.00452. The lowest BCUT2D eigenvalue weighted by molar-refractivity contribution is -0.245. The van der Waals surface area contributed by atoms with E-state index in [-0.39, 0.29) is 24.7 Å². The quantitative estimate of drug-likeness (QED) is 0.298. The van der Waals surface area contributed by atoms with E-state index in [2.05, 4.69) is 15.3 Å². The molecule has 0 bridgehead atoms. The smallest absolute Gasteiger partial charge is 0.257 e. The topological polar surface area (TPSA) is 93.6 Å². The molecule has 7 nitrogen and oxygen atoms in total. The van der Waals surface area contributed by atoms with E-state index < -0.39 is 6.29 Å². The molecule has 0 saturated carbocycles. The number of aliphatic hydroxyl groups excluding tert-OH is 1. The van der Waals surface area contributed by atoms with Crippen LogP contribution in [0.1, 0.15) is 45.9 Å². The highest BCUT2D eigenvalue weighted by molar-refractivity contribution is 7.99. The molecule has 2 aromatic carbocycles. The number of benzene rings is 2. The van der Waals surface area contributed by atoms with Crippen LogP contribution in [0, 0.1) is 0 Å². The molecule has 0 aliphatic carbocycles. The van der Waals surface area contributed by atoms with Crippen molar-refractivity contribution in [1.82, 2.24) is 9.97 Å². The normalized spacial score (nSPS) is 19.3. The van der Waals surface area contributed by atoms with Gasteiger partial charge in [0.2, 0.25) is 0 Å². The van der Waals surface area contributed by atoms with Gasteiger partial charge in [0.05, 0.1) is 29.4 Å². The highest BCUT2D eigenvalue weighted by Crippen LogP contribution is 2.39. The number of nitrogens with zero attached hydrogens (tertiary/aromatic N) is 2. The van der Waals surface area contributed by atoms with Crippen molar-refractivity contribution in [2.24, 2.45) is 0 Å². The van der Waals surface area contributed by atoms with Crippen LogP contribution in [0.4, 0.5) is 5.69 Å². The van der Waals surface area contributed by atoms with E-state index in [1.54, 1.807) is 36.3 Å². The van der Waals surface area contributed by atoms with Crippen LogP contribution in [0.25, 0.3) is 0 Å². The molecule has 2 aromatic heterocycles. The number of aliphatic hydroxyl groups is 1. The third-order valence-corrected chi connectivity index (χ3v) is 7.11. The Hall–Kier alpha value is -3.56. The van der Waals surface area contributed by atoms with Crippen molar-refractivity contribution in [3.05, 3.63) is 120 Å². The molecule has 4 aromatic rings. The van der Waals surface area contributed by atoms with Gasteiger partial charge in [0.1, 0.15) is 0 Å². The molecule has 1 aliphatic rings. The summed E-state index contributed by atoms with van der Waals surface area (Å²) in [6, 6.07) is 24.6. The number of ether oxygens (including phenoxy) is 2. The molecule has 3 atom stereocenters. The Morgan fingerprint density at radius 2 is 1.76 bits per heavy atom. The van der Waals surface area contributed by atoms with Crippen molar-refractivity contribution in [2.45, 2.75) is 36.6 Å². The summed E-state index contributed by atoms with van der Waals surface area (Å²) in [6.07, 6.45) is 4.87. The molecule has 8 heteroatoms. The van der Waals surface area contributed by atoms with Crippen molar-refractivity contribution >= 4 is 23.4 Å². The van der Waals surface area contributed by atoms with E-state index in [1.807, 2.05) is 66.7 Å². The first kappa shape index (κ1) is 25.1. The van der Waals surface area contributed by atoms with Crippen molar-refractivity contribution in [1.29, 1.82) is 0 Å². The summed E-state index contributed by atoms with van der Waals surface area (Å²) in [5, 5.41) is 13.2. The Kier molecular flexibility index (Phi) is 8.22. The average molecular weight is 514 g/mol. The molecule has 1 aliphatic heterocycles. The van der Waals surface area contributed by atoms with E-state index in [1.165, 1.54) is 6.20 Å². The number of amides is 1. The Bertz CT molecular complexity index is 1290. The second-order valence-corrected chi connectivity index (χ2v) is 9.69. The molecule has 2 N–H and O–H groups in total. The predicted octanol–water partition coefficient (Wildman–Crippen LogP) is 5.56. The Morgan fingerprint density at radius 1 is 0.946 bits per heavy atom. The Balaban J connectivity index is 1.31. The van der Waals surface area contributed by atoms with E-state index in [9.17, 15) is 9.90 Å². The first-order valence-corrected chi connectivity index (χ1v) is 13.0. The van der Waals surface area contributed by atoms with Crippen molar-refractivity contribution in [3.63, 3.8) is 0 Å². The highest BCUT2D eigenvalue weighted by Gasteiger charge is 2.32. The molecule has 1 amide bonds. The van der Waals surface area contributed by atoms with Crippen LogP contribution in [0.3, 0.4) is 0 Å². The van der Waals surface area contributed by atoms with E-state index in [0.717, 1.165) is 27.5 Å². The number of thioether (sulfide) groups is 1. The zero-order valence-electron chi connectivity index (χ0n) is 20.1. The van der Waals surface area contributed by atoms with Crippen molar-refractivity contribution in [3.8, 4) is 0 Å². The van der Waals surface area contributed by atoms with Gasteiger partial charge in [-0.15, -0.1) is 11.8 Å². The van der Waals surface area contributed by atoms with Crippen LogP contribution < -0.4 is 5.32 Å². The number of nitrogens with one attached hydrogen (secondary N) is 1. The summed E-state index contributed by atoms with van der Waals surface area (Å²) in [5.74, 6) is 0.519. The third-order valence-electron chi connectivity index (χ3n) is 6.03. The second-order valence-electron chi connectivity index (χ2n) is 8.65. The number of pyridine rings is 2. The Labute approximate surface area is 219 Å². The van der Waals surface area contributed by atoms with Gasteiger partial charge in [-0.05, 0) is 47.5 Å². The fourth-order valence-electron chi connectivity index (χ4n) is 4.06. The van der Waals surface area contributed by atoms with Gasteiger partial charge in [-0.1, -0.05) is 42.5 Å². The van der Waals surface area contributed by atoms with Gasteiger partial charge >= 0.3 is 0 Å². The molecule has 3 heterocycles. The van der Waals surface area contributed by atoms with Gasteiger partial charge in [0, 0.05) is 42.0 Å². The lowest BCUT2D eigenvalue weighted by Crippen LogP contribution is -2.31. The minimum atomic E-state index is -0.561. The molecule has 188 valence electrons. The molecule has 0 unspecified atom stereocenters.